The normalized spacial score (nSPS) is 23.1. The van der Waals surface area contributed by atoms with Gasteiger partial charge in [-0.25, -0.2) is 0 Å². The second kappa shape index (κ2) is 9.58. The SMILES string of the molecule is Oc1ccc(C2Oc3cc(O)cc(O)c3C(c3c(O)cc(O)c4c3OC(c3ccc(O)c(O)c3)C(O)C4)C2O)cc1. The summed E-state index contributed by atoms with van der Waals surface area (Å²) in [4.78, 5) is 0. The molecule has 0 amide bonds. The van der Waals surface area contributed by atoms with E-state index in [0.717, 1.165) is 12.1 Å². The van der Waals surface area contributed by atoms with E-state index < -0.39 is 47.6 Å². The van der Waals surface area contributed by atoms with E-state index in [2.05, 4.69) is 0 Å². The van der Waals surface area contributed by atoms with Gasteiger partial charge in [0.2, 0.25) is 0 Å². The molecule has 5 atom stereocenters. The number of aliphatic hydroxyl groups is 2. The monoisotopic (exact) mass is 562 g/mol. The lowest BCUT2D eigenvalue weighted by molar-refractivity contribution is 0.00122. The second-order valence-corrected chi connectivity index (χ2v) is 10.2. The third-order valence-corrected chi connectivity index (χ3v) is 7.57. The molecule has 41 heavy (non-hydrogen) atoms. The molecule has 2 aliphatic rings. The molecule has 212 valence electrons. The lowest BCUT2D eigenvalue weighted by atomic mass is 9.77. The van der Waals surface area contributed by atoms with Crippen molar-refractivity contribution < 1.29 is 55.4 Å². The first-order valence-electron chi connectivity index (χ1n) is 12.7. The van der Waals surface area contributed by atoms with Gasteiger partial charge in [-0.05, 0) is 35.4 Å². The van der Waals surface area contributed by atoms with Crippen LogP contribution >= 0.6 is 0 Å². The van der Waals surface area contributed by atoms with Gasteiger partial charge >= 0.3 is 0 Å². The maximum atomic E-state index is 11.7. The highest BCUT2D eigenvalue weighted by Gasteiger charge is 2.46. The molecule has 6 rings (SSSR count). The van der Waals surface area contributed by atoms with Gasteiger partial charge in [0, 0.05) is 41.3 Å². The summed E-state index contributed by atoms with van der Waals surface area (Å²) in [6.07, 6.45) is -5.05. The molecule has 0 aliphatic carbocycles. The van der Waals surface area contributed by atoms with Gasteiger partial charge in [-0.2, -0.15) is 0 Å². The topological polar surface area (TPSA) is 201 Å². The average molecular weight is 563 g/mol. The summed E-state index contributed by atoms with van der Waals surface area (Å²) in [5.74, 6) is -3.76. The van der Waals surface area contributed by atoms with Crippen LogP contribution in [0.25, 0.3) is 0 Å². The van der Waals surface area contributed by atoms with Crippen molar-refractivity contribution >= 4 is 0 Å². The van der Waals surface area contributed by atoms with Gasteiger partial charge in [0.1, 0.15) is 52.5 Å². The van der Waals surface area contributed by atoms with Crippen LogP contribution in [0.1, 0.15) is 45.9 Å². The van der Waals surface area contributed by atoms with Gasteiger partial charge in [-0.15, -0.1) is 0 Å². The number of ether oxygens (including phenoxy) is 2. The Morgan fingerprint density at radius 2 is 1.24 bits per heavy atom. The maximum Gasteiger partial charge on any atom is 0.157 e. The molecule has 0 fully saturated rings. The number of benzene rings is 4. The average Bonchev–Trinajstić information content (AvgIpc) is 2.92. The Morgan fingerprint density at radius 3 is 1.95 bits per heavy atom. The van der Waals surface area contributed by atoms with Gasteiger partial charge in [-0.1, -0.05) is 18.2 Å². The number of rotatable bonds is 3. The molecule has 11 nitrogen and oxygen atoms in total. The number of phenolic OH excluding ortho intramolecular Hbond substituents is 7. The number of hydrogen-bond donors (Lipinski definition) is 9. The molecule has 4 aromatic rings. The Labute approximate surface area is 232 Å². The predicted molar refractivity (Wildman–Crippen MR) is 142 cm³/mol. The molecule has 0 saturated carbocycles. The Balaban J connectivity index is 1.55. The van der Waals surface area contributed by atoms with Crippen molar-refractivity contribution in [2.45, 2.75) is 36.8 Å². The summed E-state index contributed by atoms with van der Waals surface area (Å²) in [6.45, 7) is 0. The first-order valence-corrected chi connectivity index (χ1v) is 12.7. The summed E-state index contributed by atoms with van der Waals surface area (Å²) >= 11 is 0. The zero-order chi connectivity index (χ0) is 29.2. The van der Waals surface area contributed by atoms with Crippen LogP contribution in [0.2, 0.25) is 0 Å². The molecular formula is C30H26O11. The minimum Gasteiger partial charge on any atom is -0.508 e. The van der Waals surface area contributed by atoms with Crippen LogP contribution in [0.5, 0.6) is 51.7 Å². The van der Waals surface area contributed by atoms with Crippen molar-refractivity contribution in [3.63, 3.8) is 0 Å². The Kier molecular flexibility index (Phi) is 6.13. The van der Waals surface area contributed by atoms with Crippen molar-refractivity contribution in [1.82, 2.24) is 0 Å². The van der Waals surface area contributed by atoms with Crippen molar-refractivity contribution in [2.24, 2.45) is 0 Å². The third kappa shape index (κ3) is 4.31. The van der Waals surface area contributed by atoms with E-state index in [1.54, 1.807) is 0 Å². The summed E-state index contributed by atoms with van der Waals surface area (Å²) in [5.41, 5.74) is 0.857. The minimum atomic E-state index is -1.48. The van der Waals surface area contributed by atoms with Crippen LogP contribution in [0.3, 0.4) is 0 Å². The molecule has 0 aromatic heterocycles. The summed E-state index contributed by atoms with van der Waals surface area (Å²) in [7, 11) is 0. The lowest BCUT2D eigenvalue weighted by Crippen LogP contribution is -2.36. The molecule has 2 heterocycles. The molecule has 9 N–H and O–H groups in total. The van der Waals surface area contributed by atoms with E-state index >= 15 is 0 Å². The highest BCUT2D eigenvalue weighted by Crippen LogP contribution is 2.57. The summed E-state index contributed by atoms with van der Waals surface area (Å²) in [6, 6.07) is 13.1. The van der Waals surface area contributed by atoms with E-state index in [9.17, 15) is 46.0 Å². The highest BCUT2D eigenvalue weighted by molar-refractivity contribution is 5.65. The Morgan fingerprint density at radius 1 is 0.561 bits per heavy atom. The zero-order valence-electron chi connectivity index (χ0n) is 21.2. The summed E-state index contributed by atoms with van der Waals surface area (Å²) < 4.78 is 12.2. The standard InChI is InChI=1S/C30H26O11/c31-14-4-1-12(2-5-14)29-27(39)26(24-20(36)8-15(32)9-23(24)40-29)25-21(37)11-18(34)16-10-22(38)28(41-30(16)25)13-3-6-17(33)19(35)7-13/h1-9,11,22,26-29,31-39H,10H2. The first-order chi connectivity index (χ1) is 19.5. The maximum absolute atomic E-state index is 11.7. The van der Waals surface area contributed by atoms with Crippen molar-refractivity contribution in [3.05, 3.63) is 88.5 Å². The van der Waals surface area contributed by atoms with E-state index in [-0.39, 0.29) is 63.2 Å². The van der Waals surface area contributed by atoms with E-state index in [1.807, 2.05) is 0 Å². The van der Waals surface area contributed by atoms with Crippen LogP contribution < -0.4 is 9.47 Å². The van der Waals surface area contributed by atoms with Crippen LogP contribution in [0.15, 0.2) is 60.7 Å². The molecule has 0 radical (unpaired) electrons. The van der Waals surface area contributed by atoms with Crippen LogP contribution in [-0.2, 0) is 6.42 Å². The smallest absolute Gasteiger partial charge is 0.157 e. The van der Waals surface area contributed by atoms with Gasteiger partial charge in [-0.3, -0.25) is 0 Å². The molecule has 0 bridgehead atoms. The van der Waals surface area contributed by atoms with E-state index in [4.69, 9.17) is 9.47 Å². The van der Waals surface area contributed by atoms with Crippen molar-refractivity contribution in [2.75, 3.05) is 0 Å². The Hall–Kier alpha value is -5.00. The van der Waals surface area contributed by atoms with E-state index in [1.165, 1.54) is 48.5 Å². The lowest BCUT2D eigenvalue weighted by Gasteiger charge is -2.40. The molecule has 0 spiro atoms. The van der Waals surface area contributed by atoms with Crippen LogP contribution in [0.4, 0.5) is 0 Å². The van der Waals surface area contributed by atoms with E-state index in [0.29, 0.717) is 5.56 Å². The van der Waals surface area contributed by atoms with Crippen molar-refractivity contribution in [1.29, 1.82) is 0 Å². The van der Waals surface area contributed by atoms with Gasteiger partial charge in [0.05, 0.1) is 12.0 Å². The van der Waals surface area contributed by atoms with Gasteiger partial charge in [0.25, 0.3) is 0 Å². The third-order valence-electron chi connectivity index (χ3n) is 7.57. The second-order valence-electron chi connectivity index (χ2n) is 10.2. The molecule has 0 saturated heterocycles. The highest BCUT2D eigenvalue weighted by atomic mass is 16.5. The largest absolute Gasteiger partial charge is 0.508 e. The fourth-order valence-electron chi connectivity index (χ4n) is 5.66. The minimum absolute atomic E-state index is 0.00736. The summed E-state index contributed by atoms with van der Waals surface area (Å²) in [5, 5.41) is 95.2. The Bertz CT molecular complexity index is 1650. The number of aromatic hydroxyl groups is 7. The zero-order valence-corrected chi connectivity index (χ0v) is 21.2. The fourth-order valence-corrected chi connectivity index (χ4v) is 5.66. The first kappa shape index (κ1) is 26.2. The predicted octanol–water partition coefficient (Wildman–Crippen LogP) is 3.29. The van der Waals surface area contributed by atoms with Crippen LogP contribution in [-0.4, -0.2) is 58.2 Å². The van der Waals surface area contributed by atoms with Gasteiger partial charge in [0.15, 0.2) is 17.6 Å². The molecule has 2 aliphatic heterocycles. The van der Waals surface area contributed by atoms with Crippen molar-refractivity contribution in [3.8, 4) is 51.7 Å². The number of aliphatic hydroxyl groups excluding tert-OH is 2. The number of fused-ring (bicyclic) bond motifs is 2. The fraction of sp³-hybridized carbons (Fsp3) is 0.200. The quantitative estimate of drug-likeness (QED) is 0.166. The molecule has 4 aromatic carbocycles. The number of hydrogen-bond acceptors (Lipinski definition) is 11. The molecule has 5 unspecified atom stereocenters. The number of phenols is 7. The molecular weight excluding hydrogens is 536 g/mol. The van der Waals surface area contributed by atoms with Crippen LogP contribution in [0, 0.1) is 0 Å². The van der Waals surface area contributed by atoms with Gasteiger partial charge < -0.3 is 55.4 Å². The molecule has 11 heteroatoms.